The molecule has 6 rings (SSSR count). The van der Waals surface area contributed by atoms with Gasteiger partial charge < -0.3 is 19.3 Å². The van der Waals surface area contributed by atoms with E-state index in [1.807, 2.05) is 46.2 Å². The van der Waals surface area contributed by atoms with Gasteiger partial charge in [0.15, 0.2) is 13.5 Å². The molecule has 0 bridgehead atoms. The Balaban J connectivity index is 1.27. The molecule has 0 aromatic heterocycles. The van der Waals surface area contributed by atoms with Gasteiger partial charge in [0.05, 0.1) is 9.79 Å². The Kier molecular flexibility index (Phi) is 5.80. The van der Waals surface area contributed by atoms with Crippen LogP contribution in [0.2, 0.25) is 0 Å². The first-order chi connectivity index (χ1) is 17.9. The SMILES string of the molecule is Cc1ccc2c(c1)CN(c1cccc(S(=O)(=O)c3cccc(N4COc5ccc(C)cc5C4)c3)c1)CO2. The number of anilines is 2. The highest BCUT2D eigenvalue weighted by atomic mass is 32.2. The molecule has 4 aromatic rings. The molecule has 37 heavy (non-hydrogen) atoms. The van der Waals surface area contributed by atoms with Gasteiger partial charge in [-0.05, 0) is 62.4 Å². The van der Waals surface area contributed by atoms with Crippen LogP contribution in [0.15, 0.2) is 94.7 Å². The highest BCUT2D eigenvalue weighted by molar-refractivity contribution is 7.91. The lowest BCUT2D eigenvalue weighted by Gasteiger charge is -2.31. The minimum absolute atomic E-state index is 0.257. The summed E-state index contributed by atoms with van der Waals surface area (Å²) in [6.07, 6.45) is 0. The Labute approximate surface area is 217 Å². The topological polar surface area (TPSA) is 59.1 Å². The normalized spacial score (nSPS) is 14.9. The molecule has 0 atom stereocenters. The molecule has 0 N–H and O–H groups in total. The Hall–Kier alpha value is -3.97. The van der Waals surface area contributed by atoms with Crippen LogP contribution in [0, 0.1) is 13.8 Å². The highest BCUT2D eigenvalue weighted by Crippen LogP contribution is 2.33. The predicted octanol–water partition coefficient (Wildman–Crippen LogP) is 5.85. The summed E-state index contributed by atoms with van der Waals surface area (Å²) in [5, 5.41) is 0. The number of hydrogen-bond donors (Lipinski definition) is 0. The van der Waals surface area contributed by atoms with Crippen molar-refractivity contribution in [2.75, 3.05) is 23.3 Å². The molecular weight excluding hydrogens is 484 g/mol. The average molecular weight is 513 g/mol. The maximum atomic E-state index is 13.7. The highest BCUT2D eigenvalue weighted by Gasteiger charge is 2.24. The summed E-state index contributed by atoms with van der Waals surface area (Å²) in [5.41, 5.74) is 6.12. The Morgan fingerprint density at radius 3 is 1.54 bits per heavy atom. The molecule has 0 aliphatic carbocycles. The first kappa shape index (κ1) is 23.4. The van der Waals surface area contributed by atoms with Crippen molar-refractivity contribution >= 4 is 21.2 Å². The number of ether oxygens (including phenoxy) is 2. The largest absolute Gasteiger partial charge is 0.473 e. The number of benzene rings is 4. The smallest absolute Gasteiger partial charge is 0.206 e. The molecule has 7 heteroatoms. The third-order valence-electron chi connectivity index (χ3n) is 6.89. The van der Waals surface area contributed by atoms with E-state index in [0.717, 1.165) is 45.1 Å². The van der Waals surface area contributed by atoms with Crippen LogP contribution in [-0.4, -0.2) is 21.9 Å². The first-order valence-electron chi connectivity index (χ1n) is 12.3. The van der Waals surface area contributed by atoms with Crippen molar-refractivity contribution in [2.24, 2.45) is 0 Å². The molecule has 0 radical (unpaired) electrons. The van der Waals surface area contributed by atoms with Crippen molar-refractivity contribution < 1.29 is 17.9 Å². The number of rotatable bonds is 4. The molecular formula is C30H28N2O4S. The molecule has 2 aliphatic rings. The van der Waals surface area contributed by atoms with Gasteiger partial charge in [0, 0.05) is 35.6 Å². The van der Waals surface area contributed by atoms with Crippen molar-refractivity contribution in [3.8, 4) is 11.5 Å². The Morgan fingerprint density at radius 1 is 0.622 bits per heavy atom. The van der Waals surface area contributed by atoms with E-state index in [1.165, 1.54) is 0 Å². The van der Waals surface area contributed by atoms with E-state index in [1.54, 1.807) is 36.4 Å². The molecule has 0 unspecified atom stereocenters. The molecule has 4 aromatic carbocycles. The number of sulfone groups is 1. The van der Waals surface area contributed by atoms with E-state index in [-0.39, 0.29) is 9.79 Å². The molecule has 0 spiro atoms. The van der Waals surface area contributed by atoms with Crippen LogP contribution >= 0.6 is 0 Å². The third kappa shape index (κ3) is 4.51. The maximum absolute atomic E-state index is 13.7. The molecule has 2 heterocycles. The summed E-state index contributed by atoms with van der Waals surface area (Å²) in [5.74, 6) is 1.75. The van der Waals surface area contributed by atoms with E-state index >= 15 is 0 Å². The summed E-state index contributed by atoms with van der Waals surface area (Å²) >= 11 is 0. The van der Waals surface area contributed by atoms with Gasteiger partial charge >= 0.3 is 0 Å². The van der Waals surface area contributed by atoms with Crippen molar-refractivity contribution in [1.82, 2.24) is 0 Å². The summed E-state index contributed by atoms with van der Waals surface area (Å²) in [7, 11) is -3.73. The van der Waals surface area contributed by atoms with Crippen molar-refractivity contribution in [2.45, 2.75) is 36.7 Å². The van der Waals surface area contributed by atoms with E-state index in [2.05, 4.69) is 26.0 Å². The van der Waals surface area contributed by atoms with Gasteiger partial charge in [-0.1, -0.05) is 47.5 Å². The summed E-state index contributed by atoms with van der Waals surface area (Å²) in [6.45, 7) is 6.15. The minimum atomic E-state index is -3.73. The lowest BCUT2D eigenvalue weighted by Crippen LogP contribution is -2.32. The lowest BCUT2D eigenvalue weighted by molar-refractivity contribution is 0.289. The van der Waals surface area contributed by atoms with Crippen molar-refractivity contribution in [1.29, 1.82) is 0 Å². The number of hydrogen-bond acceptors (Lipinski definition) is 6. The standard InChI is InChI=1S/C30H28N2O4S/c1-21-9-11-29-23(13-21)17-31(19-35-29)25-5-3-7-27(15-25)37(33,34)28-8-4-6-26(16-28)32-18-24-14-22(2)10-12-30(24)36-20-32/h3-16H,17-20H2,1-2H3. The summed E-state index contributed by atoms with van der Waals surface area (Å²) in [6, 6.07) is 26.4. The van der Waals surface area contributed by atoms with Crippen LogP contribution < -0.4 is 19.3 Å². The molecule has 0 saturated heterocycles. The minimum Gasteiger partial charge on any atom is -0.473 e. The van der Waals surface area contributed by atoms with Gasteiger partial charge in [0.1, 0.15) is 11.5 Å². The molecule has 6 nitrogen and oxygen atoms in total. The van der Waals surface area contributed by atoms with Crippen LogP contribution in [0.25, 0.3) is 0 Å². The van der Waals surface area contributed by atoms with Crippen LogP contribution in [0.5, 0.6) is 11.5 Å². The van der Waals surface area contributed by atoms with Gasteiger partial charge in [-0.3, -0.25) is 0 Å². The molecule has 2 aliphatic heterocycles. The summed E-state index contributed by atoms with van der Waals surface area (Å²) in [4.78, 5) is 4.60. The van der Waals surface area contributed by atoms with Crippen LogP contribution in [0.3, 0.4) is 0 Å². The second kappa shape index (κ2) is 9.16. The maximum Gasteiger partial charge on any atom is 0.206 e. The molecule has 0 amide bonds. The Bertz CT molecular complexity index is 1490. The van der Waals surface area contributed by atoms with E-state index in [4.69, 9.17) is 9.47 Å². The van der Waals surface area contributed by atoms with Gasteiger partial charge in [0.25, 0.3) is 0 Å². The van der Waals surface area contributed by atoms with Crippen LogP contribution in [0.4, 0.5) is 11.4 Å². The zero-order valence-corrected chi connectivity index (χ0v) is 21.7. The van der Waals surface area contributed by atoms with Gasteiger partial charge in [-0.25, -0.2) is 8.42 Å². The van der Waals surface area contributed by atoms with Crippen molar-refractivity contribution in [3.63, 3.8) is 0 Å². The number of fused-ring (bicyclic) bond motifs is 2. The fraction of sp³-hybridized carbons (Fsp3) is 0.200. The van der Waals surface area contributed by atoms with Crippen LogP contribution in [0.1, 0.15) is 22.3 Å². The zero-order chi connectivity index (χ0) is 25.6. The number of nitrogens with zero attached hydrogens (tertiary/aromatic N) is 2. The fourth-order valence-corrected chi connectivity index (χ4v) is 6.24. The summed E-state index contributed by atoms with van der Waals surface area (Å²) < 4.78 is 39.2. The lowest BCUT2D eigenvalue weighted by atomic mass is 10.1. The van der Waals surface area contributed by atoms with Gasteiger partial charge in [-0.15, -0.1) is 0 Å². The zero-order valence-electron chi connectivity index (χ0n) is 20.8. The van der Waals surface area contributed by atoms with E-state index < -0.39 is 9.84 Å². The van der Waals surface area contributed by atoms with E-state index in [0.29, 0.717) is 26.6 Å². The first-order valence-corrected chi connectivity index (χ1v) is 13.7. The molecule has 0 fully saturated rings. The predicted molar refractivity (Wildman–Crippen MR) is 144 cm³/mol. The fourth-order valence-electron chi connectivity index (χ4n) is 4.91. The second-order valence-electron chi connectivity index (χ2n) is 9.66. The van der Waals surface area contributed by atoms with Crippen LogP contribution in [-0.2, 0) is 22.9 Å². The van der Waals surface area contributed by atoms with Gasteiger partial charge in [0.2, 0.25) is 9.84 Å². The van der Waals surface area contributed by atoms with E-state index in [9.17, 15) is 8.42 Å². The Morgan fingerprint density at radius 2 is 1.08 bits per heavy atom. The van der Waals surface area contributed by atoms with Gasteiger partial charge in [-0.2, -0.15) is 0 Å². The third-order valence-corrected chi connectivity index (χ3v) is 8.64. The molecule has 188 valence electrons. The average Bonchev–Trinajstić information content (AvgIpc) is 2.92. The van der Waals surface area contributed by atoms with Crippen molar-refractivity contribution in [3.05, 3.63) is 107 Å². The second-order valence-corrected chi connectivity index (χ2v) is 11.6. The monoisotopic (exact) mass is 512 g/mol. The molecule has 0 saturated carbocycles. The quantitative estimate of drug-likeness (QED) is 0.342. The number of aryl methyl sites for hydroxylation is 2.